The van der Waals surface area contributed by atoms with Crippen LogP contribution < -0.4 is 0 Å². The maximum absolute atomic E-state index is 5.10. The molecule has 0 aliphatic carbocycles. The van der Waals surface area contributed by atoms with E-state index in [9.17, 15) is 0 Å². The van der Waals surface area contributed by atoms with Crippen LogP contribution in [0, 0.1) is 0 Å². The van der Waals surface area contributed by atoms with E-state index in [4.69, 9.17) is 34.8 Å². The van der Waals surface area contributed by atoms with Gasteiger partial charge in [0.1, 0.15) is 4.84 Å². The molecule has 0 aromatic rings. The fraction of sp³-hybridized carbons (Fsp3) is 0.500. The van der Waals surface area contributed by atoms with E-state index < -0.39 is 4.84 Å². The topological polar surface area (TPSA) is 0 Å². The van der Waals surface area contributed by atoms with Crippen LogP contribution in [0.5, 0.6) is 0 Å². The van der Waals surface area contributed by atoms with Crippen LogP contribution in [0.1, 0.15) is 0 Å². The molecule has 0 bridgehead atoms. The van der Waals surface area contributed by atoms with Crippen LogP contribution in [0.15, 0.2) is 13.2 Å². The van der Waals surface area contributed by atoms with Gasteiger partial charge in [-0.05, 0) is 0 Å². The molecule has 0 aromatic heterocycles. The lowest BCUT2D eigenvalue weighted by Crippen LogP contribution is -1.82. The summed E-state index contributed by atoms with van der Waals surface area (Å²) in [6, 6.07) is 0. The van der Waals surface area contributed by atoms with Gasteiger partial charge in [0.05, 0.1) is 5.88 Å². The van der Waals surface area contributed by atoms with E-state index >= 15 is 0 Å². The average Bonchev–Trinajstić information content (AvgIpc) is 1.73. The summed E-state index contributed by atoms with van der Waals surface area (Å²) in [5.74, 6) is 0.309. The summed E-state index contributed by atoms with van der Waals surface area (Å²) >= 11 is 15.3. The van der Waals surface area contributed by atoms with Crippen LogP contribution in [-0.4, -0.2) is 10.7 Å². The van der Waals surface area contributed by atoms with Crippen molar-refractivity contribution in [3.8, 4) is 0 Å². The van der Waals surface area contributed by atoms with Gasteiger partial charge in [0.25, 0.3) is 0 Å². The lowest BCUT2D eigenvalue weighted by molar-refractivity contribution is 1.40. The molecule has 0 aliphatic heterocycles. The maximum atomic E-state index is 5.10. The van der Waals surface area contributed by atoms with Gasteiger partial charge in [-0.1, -0.05) is 0 Å². The minimum Gasteiger partial charge on any atom is -0.124 e. The molecule has 3 heteroatoms. The first-order valence-corrected chi connectivity index (χ1v) is 3.02. The van der Waals surface area contributed by atoms with Crippen molar-refractivity contribution < 1.29 is 0 Å². The zero-order valence-electron chi connectivity index (χ0n) is 3.83. The predicted octanol–water partition coefficient (Wildman–Crippen LogP) is 2.83. The highest BCUT2D eigenvalue weighted by Gasteiger charge is 1.88. The molecule has 0 saturated carbocycles. The Morgan fingerprint density at radius 1 is 1.29 bits per heavy atom. The van der Waals surface area contributed by atoms with Crippen LogP contribution in [0.3, 0.4) is 0 Å². The van der Waals surface area contributed by atoms with Crippen molar-refractivity contribution in [3.05, 3.63) is 13.2 Å². The largest absolute Gasteiger partial charge is 0.124 e. The molecule has 0 radical (unpaired) electrons. The molecule has 0 N–H and O–H groups in total. The Balaban J connectivity index is 0. The SMILES string of the molecule is C=C.ClCC(Cl)Cl. The highest BCUT2D eigenvalue weighted by Crippen LogP contribution is 2.01. The van der Waals surface area contributed by atoms with Gasteiger partial charge in [0, 0.05) is 0 Å². The quantitative estimate of drug-likeness (QED) is 0.410. The Bertz CT molecular complexity index is 28.1. The monoisotopic (exact) mass is 160 g/mol. The Hall–Kier alpha value is 0.610. The van der Waals surface area contributed by atoms with Gasteiger partial charge in [0.15, 0.2) is 0 Å². The second-order valence-electron chi connectivity index (χ2n) is 0.545. The lowest BCUT2D eigenvalue weighted by Gasteiger charge is -1.82. The maximum Gasteiger partial charge on any atom is 0.121 e. The van der Waals surface area contributed by atoms with Gasteiger partial charge < -0.3 is 0 Å². The minimum absolute atomic E-state index is 0.309. The van der Waals surface area contributed by atoms with E-state index in [-0.39, 0.29) is 0 Å². The highest BCUT2D eigenvalue weighted by molar-refractivity contribution is 6.47. The molecule has 0 nitrogen and oxygen atoms in total. The smallest absolute Gasteiger partial charge is 0.121 e. The lowest BCUT2D eigenvalue weighted by atomic mass is 10.9. The minimum atomic E-state index is -0.406. The molecule has 7 heavy (non-hydrogen) atoms. The van der Waals surface area contributed by atoms with E-state index in [2.05, 4.69) is 13.2 Å². The summed E-state index contributed by atoms with van der Waals surface area (Å²) in [4.78, 5) is -0.406. The van der Waals surface area contributed by atoms with E-state index in [0.717, 1.165) is 0 Å². The van der Waals surface area contributed by atoms with Gasteiger partial charge in [-0.25, -0.2) is 0 Å². The first kappa shape index (κ1) is 10.6. The second kappa shape index (κ2) is 9.79. The van der Waals surface area contributed by atoms with Crippen LogP contribution in [0.4, 0.5) is 0 Å². The molecule has 0 saturated heterocycles. The third-order valence-electron chi connectivity index (χ3n) is 0.117. The normalized spacial score (nSPS) is 7.43. The zero-order chi connectivity index (χ0) is 6.28. The van der Waals surface area contributed by atoms with Crippen molar-refractivity contribution in [3.63, 3.8) is 0 Å². The average molecular weight is 161 g/mol. The Morgan fingerprint density at radius 3 is 1.43 bits per heavy atom. The molecule has 0 atom stereocenters. The molecule has 0 heterocycles. The second-order valence-corrected chi connectivity index (χ2v) is 2.13. The van der Waals surface area contributed by atoms with E-state index in [0.29, 0.717) is 5.88 Å². The summed E-state index contributed by atoms with van der Waals surface area (Å²) in [6.07, 6.45) is 0. The Labute approximate surface area is 59.1 Å². The molecule has 0 spiro atoms. The molecule has 0 aromatic carbocycles. The number of hydrogen-bond donors (Lipinski definition) is 0. The number of rotatable bonds is 1. The van der Waals surface area contributed by atoms with E-state index in [1.54, 1.807) is 0 Å². The van der Waals surface area contributed by atoms with Gasteiger partial charge in [-0.15, -0.1) is 48.0 Å². The van der Waals surface area contributed by atoms with Crippen LogP contribution in [0.25, 0.3) is 0 Å². The number of hydrogen-bond acceptors (Lipinski definition) is 0. The molecular formula is C4H7Cl3. The molecule has 0 amide bonds. The molecule has 0 rings (SSSR count). The van der Waals surface area contributed by atoms with Crippen molar-refractivity contribution in [2.24, 2.45) is 0 Å². The zero-order valence-corrected chi connectivity index (χ0v) is 6.10. The molecule has 0 aliphatic rings. The standard InChI is InChI=1S/C2H3Cl3.C2H4/c3-1-2(4)5;1-2/h2H,1H2;1-2H2. The molecule has 44 valence electrons. The number of halogens is 3. The first-order chi connectivity index (χ1) is 3.27. The highest BCUT2D eigenvalue weighted by atomic mass is 35.5. The fourth-order valence-corrected chi connectivity index (χ4v) is 0. The fourth-order valence-electron chi connectivity index (χ4n) is 0. The van der Waals surface area contributed by atoms with Crippen molar-refractivity contribution in [1.29, 1.82) is 0 Å². The Morgan fingerprint density at radius 2 is 1.43 bits per heavy atom. The Kier molecular flexibility index (Phi) is 14.8. The third kappa shape index (κ3) is 20.6. The van der Waals surface area contributed by atoms with Gasteiger partial charge >= 0.3 is 0 Å². The van der Waals surface area contributed by atoms with E-state index in [1.165, 1.54) is 0 Å². The molecule has 0 unspecified atom stereocenters. The number of alkyl halides is 3. The first-order valence-electron chi connectivity index (χ1n) is 1.61. The summed E-state index contributed by atoms with van der Waals surface area (Å²) in [5, 5.41) is 0. The van der Waals surface area contributed by atoms with Crippen molar-refractivity contribution in [1.82, 2.24) is 0 Å². The van der Waals surface area contributed by atoms with Crippen LogP contribution in [-0.2, 0) is 0 Å². The van der Waals surface area contributed by atoms with Gasteiger partial charge in [-0.2, -0.15) is 0 Å². The summed E-state index contributed by atoms with van der Waals surface area (Å²) in [5.41, 5.74) is 0. The van der Waals surface area contributed by atoms with Gasteiger partial charge in [-0.3, -0.25) is 0 Å². The molecular weight excluding hydrogens is 154 g/mol. The van der Waals surface area contributed by atoms with Crippen LogP contribution >= 0.6 is 34.8 Å². The predicted molar refractivity (Wildman–Crippen MR) is 37.5 cm³/mol. The van der Waals surface area contributed by atoms with Crippen molar-refractivity contribution in [2.75, 3.05) is 5.88 Å². The van der Waals surface area contributed by atoms with E-state index in [1.807, 2.05) is 0 Å². The summed E-state index contributed by atoms with van der Waals surface area (Å²) in [6.45, 7) is 6.00. The van der Waals surface area contributed by atoms with Gasteiger partial charge in [0.2, 0.25) is 0 Å². The van der Waals surface area contributed by atoms with Crippen molar-refractivity contribution in [2.45, 2.75) is 4.84 Å². The van der Waals surface area contributed by atoms with Crippen LogP contribution in [0.2, 0.25) is 0 Å². The third-order valence-corrected chi connectivity index (χ3v) is 1.05. The van der Waals surface area contributed by atoms with Crippen molar-refractivity contribution >= 4 is 34.8 Å². The summed E-state index contributed by atoms with van der Waals surface area (Å²) in [7, 11) is 0. The molecule has 0 fully saturated rings. The summed E-state index contributed by atoms with van der Waals surface area (Å²) < 4.78 is 0.